The van der Waals surface area contributed by atoms with Gasteiger partial charge in [0, 0.05) is 36.7 Å². The number of hydrogen-bond acceptors (Lipinski definition) is 5. The van der Waals surface area contributed by atoms with Crippen molar-refractivity contribution < 1.29 is 9.90 Å². The highest BCUT2D eigenvalue weighted by molar-refractivity contribution is 5.66. The van der Waals surface area contributed by atoms with Crippen molar-refractivity contribution in [2.24, 2.45) is 0 Å². The van der Waals surface area contributed by atoms with Crippen molar-refractivity contribution in [3.05, 3.63) is 53.4 Å². The normalized spacial score (nSPS) is 18.0. The summed E-state index contributed by atoms with van der Waals surface area (Å²) in [6.07, 6.45) is 6.36. The van der Waals surface area contributed by atoms with Gasteiger partial charge in [-0.3, -0.25) is 14.7 Å². The van der Waals surface area contributed by atoms with Gasteiger partial charge in [0.05, 0.1) is 12.5 Å². The maximum atomic E-state index is 10.8. The molecule has 0 bridgehead atoms. The van der Waals surface area contributed by atoms with E-state index >= 15 is 0 Å². The predicted molar refractivity (Wildman–Crippen MR) is 89.3 cm³/mol. The molecule has 3 rings (SSSR count). The molecule has 1 saturated heterocycles. The number of carboxylic acid groups (broad SMARTS) is 1. The minimum Gasteiger partial charge on any atom is -0.481 e. The molecule has 24 heavy (non-hydrogen) atoms. The second kappa shape index (κ2) is 7.49. The molecule has 2 aromatic rings. The highest BCUT2D eigenvalue weighted by Gasteiger charge is 2.28. The molecule has 6 nitrogen and oxygen atoms in total. The van der Waals surface area contributed by atoms with Crippen LogP contribution in [0.5, 0.6) is 0 Å². The van der Waals surface area contributed by atoms with Crippen LogP contribution in [0.25, 0.3) is 0 Å². The van der Waals surface area contributed by atoms with E-state index in [0.29, 0.717) is 6.42 Å². The van der Waals surface area contributed by atoms with Crippen molar-refractivity contribution >= 4 is 5.97 Å². The van der Waals surface area contributed by atoms with Crippen LogP contribution in [0.3, 0.4) is 0 Å². The predicted octanol–water partition coefficient (Wildman–Crippen LogP) is 2.53. The molecule has 3 heterocycles. The Morgan fingerprint density at radius 2 is 2.29 bits per heavy atom. The minimum absolute atomic E-state index is 0.0972. The van der Waals surface area contributed by atoms with Gasteiger partial charge in [-0.2, -0.15) is 0 Å². The fraction of sp³-hybridized carbons (Fsp3) is 0.444. The van der Waals surface area contributed by atoms with E-state index in [4.69, 9.17) is 5.11 Å². The molecule has 0 saturated carbocycles. The third kappa shape index (κ3) is 4.14. The van der Waals surface area contributed by atoms with Crippen molar-refractivity contribution in [2.45, 2.75) is 45.2 Å². The highest BCUT2D eigenvalue weighted by atomic mass is 16.4. The van der Waals surface area contributed by atoms with Gasteiger partial charge in [0.1, 0.15) is 5.82 Å². The van der Waals surface area contributed by atoms with E-state index in [2.05, 4.69) is 25.9 Å². The lowest BCUT2D eigenvalue weighted by molar-refractivity contribution is -0.136. The molecule has 1 unspecified atom stereocenters. The quantitative estimate of drug-likeness (QED) is 0.879. The van der Waals surface area contributed by atoms with Gasteiger partial charge in [-0.1, -0.05) is 6.07 Å². The van der Waals surface area contributed by atoms with Crippen molar-refractivity contribution in [2.75, 3.05) is 6.54 Å². The number of aryl methyl sites for hydroxylation is 2. The zero-order valence-corrected chi connectivity index (χ0v) is 13.9. The van der Waals surface area contributed by atoms with Crippen molar-refractivity contribution in [3.8, 4) is 0 Å². The van der Waals surface area contributed by atoms with Crippen molar-refractivity contribution in [1.82, 2.24) is 19.9 Å². The lowest BCUT2D eigenvalue weighted by Gasteiger charge is -2.23. The van der Waals surface area contributed by atoms with Gasteiger partial charge in [-0.05, 0) is 44.0 Å². The van der Waals surface area contributed by atoms with Crippen LogP contribution >= 0.6 is 0 Å². The van der Waals surface area contributed by atoms with E-state index < -0.39 is 5.97 Å². The molecule has 0 radical (unpaired) electrons. The summed E-state index contributed by atoms with van der Waals surface area (Å²) >= 11 is 0. The second-order valence-corrected chi connectivity index (χ2v) is 6.24. The fourth-order valence-electron chi connectivity index (χ4n) is 3.20. The number of likely N-dealkylation sites (tertiary alicyclic amines) is 1. The van der Waals surface area contributed by atoms with Gasteiger partial charge < -0.3 is 5.11 Å². The van der Waals surface area contributed by atoms with Crippen LogP contribution in [0.15, 0.2) is 30.6 Å². The van der Waals surface area contributed by atoms with Gasteiger partial charge in [0.15, 0.2) is 0 Å². The Balaban J connectivity index is 1.77. The summed E-state index contributed by atoms with van der Waals surface area (Å²) in [6.45, 7) is 3.79. The van der Waals surface area contributed by atoms with E-state index in [9.17, 15) is 4.79 Å². The summed E-state index contributed by atoms with van der Waals surface area (Å²) in [4.78, 5) is 26.6. The van der Waals surface area contributed by atoms with E-state index in [1.165, 1.54) is 5.56 Å². The average molecular weight is 326 g/mol. The molecular weight excluding hydrogens is 304 g/mol. The van der Waals surface area contributed by atoms with Gasteiger partial charge >= 0.3 is 5.97 Å². The van der Waals surface area contributed by atoms with Crippen LogP contribution in [0.2, 0.25) is 0 Å². The Morgan fingerprint density at radius 3 is 3.04 bits per heavy atom. The standard InChI is InChI=1S/C18H22N4O2/c1-13-10-15(6-7-17(23)24)21-18(20-13)16-5-3-9-22(16)12-14-4-2-8-19-11-14/h2,4,8,10-11,16H,3,5-7,9,12H2,1H3,(H,23,24). The molecular formula is C18H22N4O2. The van der Waals surface area contributed by atoms with Crippen LogP contribution in [-0.4, -0.2) is 37.5 Å². The highest BCUT2D eigenvalue weighted by Crippen LogP contribution is 2.31. The topological polar surface area (TPSA) is 79.2 Å². The zero-order chi connectivity index (χ0) is 16.9. The fourth-order valence-corrected chi connectivity index (χ4v) is 3.20. The average Bonchev–Trinajstić information content (AvgIpc) is 3.01. The second-order valence-electron chi connectivity index (χ2n) is 6.24. The summed E-state index contributed by atoms with van der Waals surface area (Å²) in [6, 6.07) is 6.10. The Hall–Kier alpha value is -2.34. The molecule has 1 N–H and O–H groups in total. The molecule has 1 aliphatic rings. The number of hydrogen-bond donors (Lipinski definition) is 1. The first-order valence-corrected chi connectivity index (χ1v) is 8.31. The number of aromatic nitrogens is 3. The van der Waals surface area contributed by atoms with Gasteiger partial charge in [0.2, 0.25) is 0 Å². The molecule has 0 spiro atoms. The van der Waals surface area contributed by atoms with Crippen LogP contribution in [0.1, 0.15) is 48.1 Å². The third-order valence-electron chi connectivity index (χ3n) is 4.29. The van der Waals surface area contributed by atoms with Crippen LogP contribution in [0, 0.1) is 6.92 Å². The maximum Gasteiger partial charge on any atom is 0.303 e. The number of carbonyl (C=O) groups is 1. The summed E-state index contributed by atoms with van der Waals surface area (Å²) in [5.41, 5.74) is 2.89. The summed E-state index contributed by atoms with van der Waals surface area (Å²) < 4.78 is 0. The minimum atomic E-state index is -0.799. The number of aliphatic carboxylic acids is 1. The first-order chi connectivity index (χ1) is 11.6. The summed E-state index contributed by atoms with van der Waals surface area (Å²) in [5, 5.41) is 8.87. The van der Waals surface area contributed by atoms with Crippen LogP contribution in [-0.2, 0) is 17.8 Å². The molecule has 0 aromatic carbocycles. The van der Waals surface area contributed by atoms with Gasteiger partial charge in [0.25, 0.3) is 0 Å². The monoisotopic (exact) mass is 326 g/mol. The Kier molecular flexibility index (Phi) is 5.15. The van der Waals surface area contributed by atoms with E-state index in [1.807, 2.05) is 25.3 Å². The number of pyridine rings is 1. The largest absolute Gasteiger partial charge is 0.481 e. The van der Waals surface area contributed by atoms with Crippen molar-refractivity contribution in [1.29, 1.82) is 0 Å². The Labute approximate surface area is 141 Å². The summed E-state index contributed by atoms with van der Waals surface area (Å²) in [5.74, 6) is 0.0173. The third-order valence-corrected chi connectivity index (χ3v) is 4.29. The lowest BCUT2D eigenvalue weighted by Crippen LogP contribution is -2.25. The van der Waals surface area contributed by atoms with E-state index in [0.717, 1.165) is 43.1 Å². The lowest BCUT2D eigenvalue weighted by atomic mass is 10.1. The SMILES string of the molecule is Cc1cc(CCC(=O)O)nc(C2CCCN2Cc2cccnc2)n1. The first kappa shape index (κ1) is 16.5. The number of rotatable bonds is 6. The zero-order valence-electron chi connectivity index (χ0n) is 13.9. The molecule has 126 valence electrons. The number of nitrogens with zero attached hydrogens (tertiary/aromatic N) is 4. The van der Waals surface area contributed by atoms with E-state index in [-0.39, 0.29) is 12.5 Å². The summed E-state index contributed by atoms with van der Waals surface area (Å²) in [7, 11) is 0. The first-order valence-electron chi connectivity index (χ1n) is 8.31. The smallest absolute Gasteiger partial charge is 0.303 e. The Bertz CT molecular complexity index is 705. The van der Waals surface area contributed by atoms with Gasteiger partial charge in [-0.15, -0.1) is 0 Å². The van der Waals surface area contributed by atoms with E-state index in [1.54, 1.807) is 6.20 Å². The van der Waals surface area contributed by atoms with Crippen LogP contribution in [0.4, 0.5) is 0 Å². The molecule has 0 amide bonds. The molecule has 1 atom stereocenters. The molecule has 1 aliphatic heterocycles. The van der Waals surface area contributed by atoms with Crippen molar-refractivity contribution in [3.63, 3.8) is 0 Å². The molecule has 0 aliphatic carbocycles. The van der Waals surface area contributed by atoms with Crippen LogP contribution < -0.4 is 0 Å². The molecule has 1 fully saturated rings. The number of carboxylic acids is 1. The molecule has 2 aromatic heterocycles. The van der Waals surface area contributed by atoms with Gasteiger partial charge in [-0.25, -0.2) is 9.97 Å². The molecule has 6 heteroatoms. The Morgan fingerprint density at radius 1 is 1.42 bits per heavy atom. The maximum absolute atomic E-state index is 10.8.